The number of carbonyl (C=O) groups excluding carboxylic acids is 1. The molecule has 2 rings (SSSR count). The van der Waals surface area contributed by atoms with Crippen LogP contribution in [-0.2, 0) is 0 Å². The molecule has 0 aliphatic heterocycles. The van der Waals surface area contributed by atoms with Gasteiger partial charge in [-0.3, -0.25) is 20.6 Å². The number of hydrogen-bond donors (Lipinski definition) is 3. The molecule has 5 nitrogen and oxygen atoms in total. The first-order chi connectivity index (χ1) is 10.1. The predicted molar refractivity (Wildman–Crippen MR) is 87.2 cm³/mol. The number of benzene rings is 1. The van der Waals surface area contributed by atoms with Crippen molar-refractivity contribution in [3.05, 3.63) is 58.9 Å². The first-order valence-electron chi connectivity index (χ1n) is 6.10. The summed E-state index contributed by atoms with van der Waals surface area (Å²) in [5.41, 5.74) is 7.40. The van der Waals surface area contributed by atoms with Gasteiger partial charge < -0.3 is 5.32 Å². The molecule has 7 heteroatoms. The van der Waals surface area contributed by atoms with Crippen LogP contribution in [0, 0.1) is 6.92 Å². The normalized spacial score (nSPS) is 9.81. The van der Waals surface area contributed by atoms with E-state index in [1.54, 1.807) is 30.6 Å². The lowest BCUT2D eigenvalue weighted by Crippen LogP contribution is -2.43. The molecule has 3 N–H and O–H groups in total. The van der Waals surface area contributed by atoms with Gasteiger partial charge in [0.25, 0.3) is 5.91 Å². The molecule has 108 valence electrons. The molecule has 0 fully saturated rings. The van der Waals surface area contributed by atoms with Gasteiger partial charge in [0, 0.05) is 28.7 Å². The number of aryl methyl sites for hydroxylation is 1. The molecule has 2 aromatic rings. The predicted octanol–water partition coefficient (Wildman–Crippen LogP) is 2.67. The summed E-state index contributed by atoms with van der Waals surface area (Å²) in [5, 5.41) is 3.91. The van der Waals surface area contributed by atoms with Crippen LogP contribution in [0.1, 0.15) is 15.9 Å². The number of nitrogens with zero attached hydrogens (tertiary/aromatic N) is 1. The number of nitrogens with one attached hydrogen (secondary N) is 3. The highest BCUT2D eigenvalue weighted by Gasteiger charge is 2.06. The van der Waals surface area contributed by atoms with Crippen molar-refractivity contribution in [1.82, 2.24) is 15.8 Å². The highest BCUT2D eigenvalue weighted by atomic mass is 35.5. The van der Waals surface area contributed by atoms with Crippen LogP contribution in [0.15, 0.2) is 42.7 Å². The number of amides is 1. The maximum Gasteiger partial charge on any atom is 0.269 e. The summed E-state index contributed by atoms with van der Waals surface area (Å²) in [5.74, 6) is -0.297. The quantitative estimate of drug-likeness (QED) is 0.586. The Kier molecular flexibility index (Phi) is 5.08. The topological polar surface area (TPSA) is 66.0 Å². The van der Waals surface area contributed by atoms with E-state index >= 15 is 0 Å². The van der Waals surface area contributed by atoms with Crippen molar-refractivity contribution in [1.29, 1.82) is 0 Å². The average Bonchev–Trinajstić information content (AvgIpc) is 2.48. The van der Waals surface area contributed by atoms with E-state index in [9.17, 15) is 4.79 Å². The Hall–Kier alpha value is -2.18. The van der Waals surface area contributed by atoms with Gasteiger partial charge in [-0.1, -0.05) is 11.6 Å². The number of carbonyl (C=O) groups is 1. The molecule has 1 heterocycles. The molecular weight excluding hydrogens is 308 g/mol. The largest absolute Gasteiger partial charge is 0.331 e. The van der Waals surface area contributed by atoms with Gasteiger partial charge in [-0.2, -0.15) is 0 Å². The Balaban J connectivity index is 1.89. The van der Waals surface area contributed by atoms with E-state index in [1.807, 2.05) is 19.1 Å². The van der Waals surface area contributed by atoms with E-state index in [2.05, 4.69) is 21.2 Å². The molecule has 0 atom stereocenters. The van der Waals surface area contributed by atoms with E-state index in [-0.39, 0.29) is 11.0 Å². The van der Waals surface area contributed by atoms with Crippen LogP contribution in [0.5, 0.6) is 0 Å². The van der Waals surface area contributed by atoms with Gasteiger partial charge in [0.1, 0.15) is 0 Å². The molecule has 0 saturated heterocycles. The molecule has 0 aliphatic carbocycles. The molecule has 21 heavy (non-hydrogen) atoms. The zero-order chi connectivity index (χ0) is 15.2. The first-order valence-corrected chi connectivity index (χ1v) is 6.88. The number of aromatic nitrogens is 1. The number of halogens is 1. The minimum Gasteiger partial charge on any atom is -0.331 e. The summed E-state index contributed by atoms with van der Waals surface area (Å²) in [6, 6.07) is 8.61. The molecular formula is C14H13ClN4OS. The van der Waals surface area contributed by atoms with Crippen molar-refractivity contribution in [2.75, 3.05) is 5.32 Å². The fraction of sp³-hybridized carbons (Fsp3) is 0.0714. The molecule has 0 spiro atoms. The third kappa shape index (κ3) is 4.40. The van der Waals surface area contributed by atoms with Crippen molar-refractivity contribution in [2.24, 2.45) is 0 Å². The van der Waals surface area contributed by atoms with Crippen molar-refractivity contribution >= 4 is 40.5 Å². The standard InChI is InChI=1S/C14H13ClN4OS/c1-9-8-11(15)2-3-12(9)17-14(21)19-18-13(20)10-4-6-16-7-5-10/h2-8H,1H3,(H,18,20)(H2,17,19,21). The molecule has 0 saturated carbocycles. The Labute approximate surface area is 132 Å². The van der Waals surface area contributed by atoms with E-state index < -0.39 is 0 Å². The summed E-state index contributed by atoms with van der Waals surface area (Å²) < 4.78 is 0. The number of anilines is 1. The second-order valence-electron chi connectivity index (χ2n) is 4.23. The molecule has 1 aromatic carbocycles. The molecule has 1 aromatic heterocycles. The minimum absolute atomic E-state index is 0.280. The van der Waals surface area contributed by atoms with Gasteiger partial charge in [0.05, 0.1) is 0 Å². The van der Waals surface area contributed by atoms with Gasteiger partial charge >= 0.3 is 0 Å². The molecule has 0 radical (unpaired) electrons. The van der Waals surface area contributed by atoms with Crippen molar-refractivity contribution in [2.45, 2.75) is 6.92 Å². The van der Waals surface area contributed by atoms with Crippen molar-refractivity contribution in [3.8, 4) is 0 Å². The van der Waals surface area contributed by atoms with Gasteiger partial charge in [-0.25, -0.2) is 0 Å². The fourth-order valence-electron chi connectivity index (χ4n) is 1.61. The van der Waals surface area contributed by atoms with E-state index in [0.29, 0.717) is 10.6 Å². The lowest BCUT2D eigenvalue weighted by atomic mass is 10.2. The van der Waals surface area contributed by atoms with Crippen LogP contribution in [0.3, 0.4) is 0 Å². The second kappa shape index (κ2) is 7.01. The SMILES string of the molecule is Cc1cc(Cl)ccc1NC(=S)NNC(=O)c1ccncc1. The smallest absolute Gasteiger partial charge is 0.269 e. The number of hydrazine groups is 1. The van der Waals surface area contributed by atoms with Gasteiger partial charge in [0.2, 0.25) is 0 Å². The van der Waals surface area contributed by atoms with E-state index in [4.69, 9.17) is 23.8 Å². The minimum atomic E-state index is -0.297. The number of thiocarbonyl (C=S) groups is 1. The molecule has 0 aliphatic rings. The van der Waals surface area contributed by atoms with Gasteiger partial charge in [-0.05, 0) is 55.0 Å². The summed E-state index contributed by atoms with van der Waals surface area (Å²) in [7, 11) is 0. The number of rotatable bonds is 2. The van der Waals surface area contributed by atoms with E-state index in [0.717, 1.165) is 11.3 Å². The van der Waals surface area contributed by atoms with Gasteiger partial charge in [-0.15, -0.1) is 0 Å². The summed E-state index contributed by atoms with van der Waals surface area (Å²) >= 11 is 11.0. The van der Waals surface area contributed by atoms with Crippen LogP contribution < -0.4 is 16.2 Å². The Morgan fingerprint density at radius 2 is 1.90 bits per heavy atom. The summed E-state index contributed by atoms with van der Waals surface area (Å²) in [6.07, 6.45) is 3.09. The molecule has 0 bridgehead atoms. The molecule has 1 amide bonds. The zero-order valence-corrected chi connectivity index (χ0v) is 12.8. The Bertz CT molecular complexity index is 663. The van der Waals surface area contributed by atoms with Gasteiger partial charge in [0.15, 0.2) is 5.11 Å². The zero-order valence-electron chi connectivity index (χ0n) is 11.2. The third-order valence-corrected chi connectivity index (χ3v) is 3.11. The monoisotopic (exact) mass is 320 g/mol. The second-order valence-corrected chi connectivity index (χ2v) is 5.07. The van der Waals surface area contributed by atoms with Crippen LogP contribution in [0.25, 0.3) is 0 Å². The highest BCUT2D eigenvalue weighted by molar-refractivity contribution is 7.80. The van der Waals surface area contributed by atoms with Crippen LogP contribution in [-0.4, -0.2) is 16.0 Å². The van der Waals surface area contributed by atoms with E-state index in [1.165, 1.54) is 0 Å². The van der Waals surface area contributed by atoms with Crippen molar-refractivity contribution < 1.29 is 4.79 Å². The Morgan fingerprint density at radius 3 is 2.57 bits per heavy atom. The maximum absolute atomic E-state index is 11.8. The lowest BCUT2D eigenvalue weighted by molar-refractivity contribution is 0.0944. The van der Waals surface area contributed by atoms with Crippen LogP contribution >= 0.6 is 23.8 Å². The summed E-state index contributed by atoms with van der Waals surface area (Å²) in [6.45, 7) is 1.91. The lowest BCUT2D eigenvalue weighted by Gasteiger charge is -2.13. The third-order valence-electron chi connectivity index (χ3n) is 2.67. The number of pyridine rings is 1. The van der Waals surface area contributed by atoms with Crippen LogP contribution in [0.2, 0.25) is 5.02 Å². The fourth-order valence-corrected chi connectivity index (χ4v) is 2.00. The highest BCUT2D eigenvalue weighted by Crippen LogP contribution is 2.19. The maximum atomic E-state index is 11.8. The molecule has 0 unspecified atom stereocenters. The van der Waals surface area contributed by atoms with Crippen molar-refractivity contribution in [3.63, 3.8) is 0 Å². The summed E-state index contributed by atoms with van der Waals surface area (Å²) in [4.78, 5) is 15.7. The number of hydrogen-bond acceptors (Lipinski definition) is 3. The first kappa shape index (κ1) is 15.2. The van der Waals surface area contributed by atoms with Crippen LogP contribution in [0.4, 0.5) is 5.69 Å². The Morgan fingerprint density at radius 1 is 1.19 bits per heavy atom. The average molecular weight is 321 g/mol.